The quantitative estimate of drug-likeness (QED) is 0.845. The molecular weight excluding hydrogens is 208 g/mol. The molecule has 0 spiro atoms. The smallest absolute Gasteiger partial charge is 0.0307 e. The van der Waals surface area contributed by atoms with Gasteiger partial charge in [0, 0.05) is 19.1 Å². The van der Waals surface area contributed by atoms with Gasteiger partial charge in [-0.15, -0.1) is 0 Å². The van der Waals surface area contributed by atoms with E-state index in [-0.39, 0.29) is 6.04 Å². The predicted octanol–water partition coefficient (Wildman–Crippen LogP) is 2.66. The molecule has 1 saturated heterocycles. The van der Waals surface area contributed by atoms with Gasteiger partial charge in [0.05, 0.1) is 0 Å². The maximum absolute atomic E-state index is 6.19. The van der Waals surface area contributed by atoms with Crippen molar-refractivity contribution in [2.75, 3.05) is 19.6 Å². The molecule has 2 rings (SSSR count). The Bertz CT molecular complexity index is 328. The molecule has 0 aromatic heterocycles. The van der Waals surface area contributed by atoms with Gasteiger partial charge in [0.1, 0.15) is 0 Å². The second kappa shape index (κ2) is 5.65. The molecule has 0 bridgehead atoms. The molecule has 0 radical (unpaired) electrons. The van der Waals surface area contributed by atoms with Crippen LogP contribution in [0.2, 0.25) is 0 Å². The van der Waals surface area contributed by atoms with Crippen molar-refractivity contribution in [1.29, 1.82) is 0 Å². The van der Waals surface area contributed by atoms with Gasteiger partial charge in [0.2, 0.25) is 0 Å². The van der Waals surface area contributed by atoms with Crippen molar-refractivity contribution in [3.05, 3.63) is 35.9 Å². The molecule has 0 amide bonds. The highest BCUT2D eigenvalue weighted by molar-refractivity contribution is 5.18. The van der Waals surface area contributed by atoms with Crippen LogP contribution in [0.25, 0.3) is 0 Å². The first-order valence-electron chi connectivity index (χ1n) is 6.69. The van der Waals surface area contributed by atoms with Gasteiger partial charge in [-0.1, -0.05) is 44.2 Å². The maximum Gasteiger partial charge on any atom is 0.0307 e. The fourth-order valence-electron chi connectivity index (χ4n) is 2.40. The van der Waals surface area contributed by atoms with Gasteiger partial charge in [-0.3, -0.25) is 0 Å². The van der Waals surface area contributed by atoms with E-state index in [1.165, 1.54) is 18.7 Å². The van der Waals surface area contributed by atoms with Crippen LogP contribution in [0.15, 0.2) is 30.3 Å². The minimum atomic E-state index is 0.189. The molecule has 1 heterocycles. The normalized spacial score (nSPS) is 19.3. The van der Waals surface area contributed by atoms with Crippen LogP contribution >= 0.6 is 0 Å². The van der Waals surface area contributed by atoms with Crippen molar-refractivity contribution in [3.63, 3.8) is 0 Å². The monoisotopic (exact) mass is 232 g/mol. The van der Waals surface area contributed by atoms with Gasteiger partial charge in [0.15, 0.2) is 0 Å². The lowest BCUT2D eigenvalue weighted by Gasteiger charge is -2.42. The van der Waals surface area contributed by atoms with Crippen molar-refractivity contribution in [3.8, 4) is 0 Å². The van der Waals surface area contributed by atoms with Crippen molar-refractivity contribution in [2.45, 2.75) is 26.3 Å². The van der Waals surface area contributed by atoms with E-state index in [1.54, 1.807) is 0 Å². The molecule has 17 heavy (non-hydrogen) atoms. The number of nitrogens with two attached hydrogens (primary N) is 1. The van der Waals surface area contributed by atoms with Gasteiger partial charge in [0.25, 0.3) is 0 Å². The summed E-state index contributed by atoms with van der Waals surface area (Å²) in [7, 11) is 0. The van der Waals surface area contributed by atoms with Crippen molar-refractivity contribution >= 4 is 0 Å². The molecule has 0 aliphatic carbocycles. The first-order chi connectivity index (χ1) is 8.16. The summed E-state index contributed by atoms with van der Waals surface area (Å²) in [4.78, 5) is 2.52. The molecule has 1 aromatic rings. The van der Waals surface area contributed by atoms with Gasteiger partial charge in [-0.2, -0.15) is 0 Å². The summed E-state index contributed by atoms with van der Waals surface area (Å²) in [6.07, 6.45) is 1.06. The lowest BCUT2D eigenvalue weighted by atomic mass is 9.88. The number of rotatable bonds is 5. The highest BCUT2D eigenvalue weighted by Gasteiger charge is 2.28. The van der Waals surface area contributed by atoms with Gasteiger partial charge in [-0.05, 0) is 30.4 Å². The molecule has 1 aromatic carbocycles. The fraction of sp³-hybridized carbons (Fsp3) is 0.600. The molecule has 2 N–H and O–H groups in total. The molecule has 1 aliphatic rings. The molecule has 2 heteroatoms. The topological polar surface area (TPSA) is 29.3 Å². The SMILES string of the molecule is CC(C)C1CN(CCC(N)c2ccccc2)C1. The number of hydrogen-bond donors (Lipinski definition) is 1. The second-order valence-corrected chi connectivity index (χ2v) is 5.57. The van der Waals surface area contributed by atoms with Crippen molar-refractivity contribution in [2.24, 2.45) is 17.6 Å². The van der Waals surface area contributed by atoms with Gasteiger partial charge in [-0.25, -0.2) is 0 Å². The molecule has 0 saturated carbocycles. The average Bonchev–Trinajstić information content (AvgIpc) is 2.27. The van der Waals surface area contributed by atoms with E-state index in [9.17, 15) is 0 Å². The molecule has 1 fully saturated rings. The highest BCUT2D eigenvalue weighted by atomic mass is 15.2. The average molecular weight is 232 g/mol. The van der Waals surface area contributed by atoms with Crippen molar-refractivity contribution < 1.29 is 0 Å². The van der Waals surface area contributed by atoms with Gasteiger partial charge >= 0.3 is 0 Å². The lowest BCUT2D eigenvalue weighted by molar-refractivity contribution is 0.0659. The Kier molecular flexibility index (Phi) is 4.19. The van der Waals surface area contributed by atoms with E-state index in [4.69, 9.17) is 5.73 Å². The zero-order chi connectivity index (χ0) is 12.3. The molecule has 1 unspecified atom stereocenters. The third-order valence-corrected chi connectivity index (χ3v) is 3.91. The summed E-state index contributed by atoms with van der Waals surface area (Å²) in [6.45, 7) is 8.30. The number of hydrogen-bond acceptors (Lipinski definition) is 2. The van der Waals surface area contributed by atoms with Crippen LogP contribution in [-0.2, 0) is 0 Å². The molecule has 1 atom stereocenters. The summed E-state index contributed by atoms with van der Waals surface area (Å²) in [6, 6.07) is 10.6. The van der Waals surface area contributed by atoms with E-state index in [0.717, 1.165) is 24.8 Å². The Labute approximate surface area is 105 Å². The Morgan fingerprint density at radius 1 is 1.24 bits per heavy atom. The zero-order valence-electron chi connectivity index (χ0n) is 11.0. The predicted molar refractivity (Wildman–Crippen MR) is 72.8 cm³/mol. The summed E-state index contributed by atoms with van der Waals surface area (Å²) < 4.78 is 0. The van der Waals surface area contributed by atoms with Crippen LogP contribution in [0.1, 0.15) is 31.9 Å². The first-order valence-corrected chi connectivity index (χ1v) is 6.69. The Balaban J connectivity index is 1.70. The summed E-state index contributed by atoms with van der Waals surface area (Å²) >= 11 is 0. The standard InChI is InChI=1S/C15H24N2/c1-12(2)14-10-17(11-14)9-8-15(16)13-6-4-3-5-7-13/h3-7,12,14-15H,8-11,16H2,1-2H3. The molecule has 2 nitrogen and oxygen atoms in total. The van der Waals surface area contributed by atoms with E-state index in [2.05, 4.69) is 43.0 Å². The first kappa shape index (κ1) is 12.6. The Morgan fingerprint density at radius 2 is 1.88 bits per heavy atom. The third-order valence-electron chi connectivity index (χ3n) is 3.91. The van der Waals surface area contributed by atoms with E-state index in [1.807, 2.05) is 6.07 Å². The van der Waals surface area contributed by atoms with E-state index < -0.39 is 0 Å². The minimum Gasteiger partial charge on any atom is -0.324 e. The number of nitrogens with zero attached hydrogens (tertiary/aromatic N) is 1. The van der Waals surface area contributed by atoms with Crippen LogP contribution in [0.4, 0.5) is 0 Å². The van der Waals surface area contributed by atoms with Crippen LogP contribution < -0.4 is 5.73 Å². The van der Waals surface area contributed by atoms with Gasteiger partial charge < -0.3 is 10.6 Å². The van der Waals surface area contributed by atoms with E-state index >= 15 is 0 Å². The van der Waals surface area contributed by atoms with Crippen LogP contribution in [-0.4, -0.2) is 24.5 Å². The van der Waals surface area contributed by atoms with E-state index in [0.29, 0.717) is 0 Å². The van der Waals surface area contributed by atoms with Crippen LogP contribution in [0.3, 0.4) is 0 Å². The van der Waals surface area contributed by atoms with Crippen LogP contribution in [0, 0.1) is 11.8 Å². The zero-order valence-corrected chi connectivity index (χ0v) is 11.0. The minimum absolute atomic E-state index is 0.189. The third kappa shape index (κ3) is 3.30. The lowest BCUT2D eigenvalue weighted by Crippen LogP contribution is -2.49. The molecule has 94 valence electrons. The summed E-state index contributed by atoms with van der Waals surface area (Å²) in [5.74, 6) is 1.73. The summed E-state index contributed by atoms with van der Waals surface area (Å²) in [5.41, 5.74) is 7.45. The molecule has 1 aliphatic heterocycles. The second-order valence-electron chi connectivity index (χ2n) is 5.57. The highest BCUT2D eigenvalue weighted by Crippen LogP contribution is 2.24. The Hall–Kier alpha value is -0.860. The number of benzene rings is 1. The number of likely N-dealkylation sites (tertiary alicyclic amines) is 1. The maximum atomic E-state index is 6.19. The van der Waals surface area contributed by atoms with Crippen LogP contribution in [0.5, 0.6) is 0 Å². The summed E-state index contributed by atoms with van der Waals surface area (Å²) in [5, 5.41) is 0. The van der Waals surface area contributed by atoms with Crippen molar-refractivity contribution in [1.82, 2.24) is 4.90 Å². The fourth-order valence-corrected chi connectivity index (χ4v) is 2.40. The molecular formula is C15H24N2. The Morgan fingerprint density at radius 3 is 2.47 bits per heavy atom. The largest absolute Gasteiger partial charge is 0.324 e.